The van der Waals surface area contributed by atoms with Crippen LogP contribution in [0.25, 0.3) is 22.2 Å². The van der Waals surface area contributed by atoms with E-state index in [4.69, 9.17) is 30.8 Å². The number of fused-ring (bicyclic) bond motifs is 8. The van der Waals surface area contributed by atoms with Crippen molar-refractivity contribution in [2.45, 2.75) is 39.5 Å². The van der Waals surface area contributed by atoms with Gasteiger partial charge in [0, 0.05) is 48.1 Å². The summed E-state index contributed by atoms with van der Waals surface area (Å²) in [6.45, 7) is 7.76. The first-order valence-corrected chi connectivity index (χ1v) is 16.7. The summed E-state index contributed by atoms with van der Waals surface area (Å²) in [5.74, 6) is 1.69. The highest BCUT2D eigenvalue weighted by atomic mass is 35.5. The molecule has 3 aliphatic rings. The maximum atomic E-state index is 13.1. The molecule has 2 aromatic carbocycles. The monoisotopic (exact) mass is 625 g/mol. The largest absolute Gasteiger partial charge is 0.494 e. The van der Waals surface area contributed by atoms with Gasteiger partial charge < -0.3 is 24.4 Å². The summed E-state index contributed by atoms with van der Waals surface area (Å²) in [7, 11) is -3.62. The molecular weight excluding hydrogens is 590 g/mol. The summed E-state index contributed by atoms with van der Waals surface area (Å²) in [5, 5.41) is 4.37. The average molecular weight is 626 g/mol. The molecule has 0 unspecified atom stereocenters. The van der Waals surface area contributed by atoms with Crippen LogP contribution in [0.3, 0.4) is 0 Å². The summed E-state index contributed by atoms with van der Waals surface area (Å²) < 4.78 is 45.6. The van der Waals surface area contributed by atoms with Crippen molar-refractivity contribution in [3.63, 3.8) is 0 Å². The number of hydrogen-bond donors (Lipinski definition) is 1. The summed E-state index contributed by atoms with van der Waals surface area (Å²) in [5.41, 5.74) is 4.40. The first-order valence-electron chi connectivity index (χ1n) is 14.8. The molecule has 1 fully saturated rings. The van der Waals surface area contributed by atoms with Gasteiger partial charge in [0.1, 0.15) is 11.5 Å². The van der Waals surface area contributed by atoms with E-state index < -0.39 is 10.0 Å². The van der Waals surface area contributed by atoms with Crippen molar-refractivity contribution < 1.29 is 22.6 Å². The Kier molecular flexibility index (Phi) is 8.65. The molecule has 1 saturated heterocycles. The van der Waals surface area contributed by atoms with E-state index in [1.165, 1.54) is 10.2 Å². The Morgan fingerprint density at radius 1 is 1.00 bits per heavy atom. The predicted octanol–water partition coefficient (Wildman–Crippen LogP) is 6.17. The van der Waals surface area contributed by atoms with Crippen molar-refractivity contribution in [3.05, 3.63) is 53.3 Å². The number of morpholine rings is 1. The molecule has 12 heteroatoms. The summed E-state index contributed by atoms with van der Waals surface area (Å²) >= 11 is 6.65. The lowest BCUT2D eigenvalue weighted by Crippen LogP contribution is -2.36. The standard InChI is InChI=1S/C31H36ClN5O5S/c1-3-43(38,39)37-20-24-23-9-8-22(17-27(23)37)41-12-6-4-5-7-13-42-29-18-26(34-31-33-19-25(32)30(24)35-31)21(2)16-28(29)36-10-14-40-15-11-36/h8-9,16-20H,3-7,10-15H2,1-2H3,(H,33,34,35). The summed E-state index contributed by atoms with van der Waals surface area (Å²) in [6.07, 6.45) is 6.92. The molecule has 0 aliphatic carbocycles. The van der Waals surface area contributed by atoms with Gasteiger partial charge in [0.15, 0.2) is 0 Å². The van der Waals surface area contributed by atoms with Crippen molar-refractivity contribution in [1.29, 1.82) is 0 Å². The van der Waals surface area contributed by atoms with Crippen LogP contribution in [0.4, 0.5) is 17.3 Å². The summed E-state index contributed by atoms with van der Waals surface area (Å²) in [4.78, 5) is 11.5. The second-order valence-electron chi connectivity index (χ2n) is 10.8. The third-order valence-corrected chi connectivity index (χ3v) is 9.78. The highest BCUT2D eigenvalue weighted by Gasteiger charge is 2.23. The first-order chi connectivity index (χ1) is 20.8. The normalized spacial score (nSPS) is 16.5. The Balaban J connectivity index is 1.46. The van der Waals surface area contributed by atoms with E-state index in [1.54, 1.807) is 19.2 Å². The molecular formula is C31H36ClN5O5S. The van der Waals surface area contributed by atoms with E-state index >= 15 is 0 Å². The van der Waals surface area contributed by atoms with Crippen molar-refractivity contribution >= 4 is 49.9 Å². The number of benzene rings is 2. The van der Waals surface area contributed by atoms with Crippen LogP contribution in [0.15, 0.2) is 42.7 Å². The van der Waals surface area contributed by atoms with Gasteiger partial charge in [0.25, 0.3) is 0 Å². The Bertz CT molecular complexity index is 1740. The maximum Gasteiger partial charge on any atom is 0.238 e. The molecule has 0 saturated carbocycles. The second-order valence-corrected chi connectivity index (χ2v) is 13.3. The minimum Gasteiger partial charge on any atom is -0.494 e. The van der Waals surface area contributed by atoms with Crippen molar-refractivity contribution in [2.24, 2.45) is 0 Å². The van der Waals surface area contributed by atoms with Crippen LogP contribution in [0, 0.1) is 6.92 Å². The number of aromatic nitrogens is 3. The van der Waals surface area contributed by atoms with Gasteiger partial charge in [0.2, 0.25) is 16.0 Å². The maximum absolute atomic E-state index is 13.1. The topological polar surface area (TPSA) is 108 Å². The third kappa shape index (κ3) is 6.25. The molecule has 4 aromatic rings. The van der Waals surface area contributed by atoms with E-state index in [1.807, 2.05) is 25.1 Å². The van der Waals surface area contributed by atoms with Crippen LogP contribution in [0.2, 0.25) is 5.02 Å². The zero-order valence-corrected chi connectivity index (χ0v) is 26.0. The lowest BCUT2D eigenvalue weighted by atomic mass is 10.1. The number of hydrogen-bond acceptors (Lipinski definition) is 9. The van der Waals surface area contributed by atoms with Crippen LogP contribution in [-0.2, 0) is 14.8 Å². The lowest BCUT2D eigenvalue weighted by Gasteiger charge is -2.31. The van der Waals surface area contributed by atoms with Gasteiger partial charge in [-0.2, -0.15) is 0 Å². The van der Waals surface area contributed by atoms with Crippen molar-refractivity contribution in [3.8, 4) is 22.8 Å². The van der Waals surface area contributed by atoms with Crippen molar-refractivity contribution in [1.82, 2.24) is 13.9 Å². The van der Waals surface area contributed by atoms with Crippen LogP contribution in [-0.4, -0.2) is 67.6 Å². The number of rotatable bonds is 3. The smallest absolute Gasteiger partial charge is 0.238 e. The highest BCUT2D eigenvalue weighted by Crippen LogP contribution is 2.39. The zero-order valence-electron chi connectivity index (χ0n) is 24.4. The van der Waals surface area contributed by atoms with Crippen LogP contribution >= 0.6 is 11.6 Å². The molecule has 3 aliphatic heterocycles. The quantitative estimate of drug-likeness (QED) is 0.286. The van der Waals surface area contributed by atoms with Crippen LogP contribution in [0.5, 0.6) is 11.5 Å². The molecule has 43 heavy (non-hydrogen) atoms. The molecule has 5 heterocycles. The second kappa shape index (κ2) is 12.6. The van der Waals surface area contributed by atoms with Crippen molar-refractivity contribution in [2.75, 3.05) is 55.5 Å². The molecule has 1 N–H and O–H groups in total. The Labute approximate surface area is 257 Å². The minimum absolute atomic E-state index is 0.0598. The Hall–Kier alpha value is -3.54. The van der Waals surface area contributed by atoms with Gasteiger partial charge in [-0.25, -0.2) is 22.4 Å². The third-order valence-electron chi connectivity index (χ3n) is 7.88. The SMILES string of the molecule is CCS(=O)(=O)n1cc2c3ccc(cc31)OCCCCCCOc1cc(c(C)cc1N1CCOCC1)Nc1ncc(Cl)c-2n1. The molecule has 2 aromatic heterocycles. The number of aryl methyl sites for hydroxylation is 1. The van der Waals surface area contributed by atoms with E-state index in [0.29, 0.717) is 65.3 Å². The van der Waals surface area contributed by atoms with Gasteiger partial charge in [0.05, 0.1) is 60.3 Å². The fraction of sp³-hybridized carbons (Fsp3) is 0.419. The number of nitrogens with zero attached hydrogens (tertiary/aromatic N) is 4. The lowest BCUT2D eigenvalue weighted by molar-refractivity contribution is 0.122. The first kappa shape index (κ1) is 29.5. The van der Waals surface area contributed by atoms with Gasteiger partial charge in [-0.3, -0.25) is 0 Å². The minimum atomic E-state index is -3.62. The van der Waals surface area contributed by atoms with Gasteiger partial charge in [-0.15, -0.1) is 0 Å². The number of halogens is 1. The van der Waals surface area contributed by atoms with Gasteiger partial charge in [-0.05, 0) is 63.3 Å². The number of nitrogens with one attached hydrogen (secondary N) is 1. The molecule has 10 nitrogen and oxygen atoms in total. The molecule has 7 rings (SSSR count). The van der Waals surface area contributed by atoms with Gasteiger partial charge in [-0.1, -0.05) is 11.6 Å². The molecule has 0 amide bonds. The van der Waals surface area contributed by atoms with Gasteiger partial charge >= 0.3 is 0 Å². The molecule has 0 atom stereocenters. The van der Waals surface area contributed by atoms with Crippen LogP contribution < -0.4 is 19.7 Å². The molecule has 0 radical (unpaired) electrons. The fourth-order valence-electron chi connectivity index (χ4n) is 5.47. The number of ether oxygens (including phenoxy) is 3. The van der Waals surface area contributed by atoms with E-state index in [-0.39, 0.29) is 5.75 Å². The zero-order chi connectivity index (χ0) is 30.0. The predicted molar refractivity (Wildman–Crippen MR) is 170 cm³/mol. The Morgan fingerprint density at radius 2 is 1.77 bits per heavy atom. The number of anilines is 3. The average Bonchev–Trinajstić information content (AvgIpc) is 3.40. The fourth-order valence-corrected chi connectivity index (χ4v) is 6.65. The summed E-state index contributed by atoms with van der Waals surface area (Å²) in [6, 6.07) is 9.63. The molecule has 228 valence electrons. The molecule has 8 bridgehead atoms. The van der Waals surface area contributed by atoms with E-state index in [9.17, 15) is 8.42 Å². The molecule has 0 spiro atoms. The highest BCUT2D eigenvalue weighted by molar-refractivity contribution is 7.90. The Morgan fingerprint density at radius 3 is 2.53 bits per heavy atom. The van der Waals surface area contributed by atoms with Crippen LogP contribution in [0.1, 0.15) is 38.2 Å². The van der Waals surface area contributed by atoms with E-state index in [2.05, 4.69) is 21.3 Å². The van der Waals surface area contributed by atoms with E-state index in [0.717, 1.165) is 61.5 Å².